The van der Waals surface area contributed by atoms with Crippen molar-refractivity contribution in [2.45, 2.75) is 18.8 Å². The van der Waals surface area contributed by atoms with Gasteiger partial charge in [0, 0.05) is 38.3 Å². The van der Waals surface area contributed by atoms with Crippen LogP contribution in [0.4, 0.5) is 5.82 Å². The van der Waals surface area contributed by atoms with Crippen LogP contribution < -0.4 is 4.90 Å². The maximum absolute atomic E-state index is 4.68. The Hall–Kier alpha value is -1.16. The number of hydrogen-bond acceptors (Lipinski definition) is 4. The first-order valence-corrected chi connectivity index (χ1v) is 6.09. The van der Waals surface area contributed by atoms with E-state index in [1.807, 2.05) is 12.3 Å². The van der Waals surface area contributed by atoms with Gasteiger partial charge in [-0.3, -0.25) is 0 Å². The van der Waals surface area contributed by atoms with E-state index >= 15 is 0 Å². The maximum atomic E-state index is 4.68. The minimum atomic E-state index is 0.646. The van der Waals surface area contributed by atoms with Crippen molar-refractivity contribution >= 4 is 5.82 Å². The Balaban J connectivity index is 1.75. The summed E-state index contributed by atoms with van der Waals surface area (Å²) in [5.74, 6) is 2.81. The molecule has 3 rings (SSSR count). The predicted octanol–water partition coefficient (Wildman–Crippen LogP) is 1.11. The Bertz CT molecular complexity index is 367. The van der Waals surface area contributed by atoms with Gasteiger partial charge in [-0.2, -0.15) is 0 Å². The van der Waals surface area contributed by atoms with Gasteiger partial charge in [0.2, 0.25) is 0 Å². The molecule has 16 heavy (non-hydrogen) atoms. The van der Waals surface area contributed by atoms with Gasteiger partial charge in [0.1, 0.15) is 11.6 Å². The summed E-state index contributed by atoms with van der Waals surface area (Å²) in [5, 5.41) is 0. The highest BCUT2D eigenvalue weighted by Crippen LogP contribution is 2.38. The summed E-state index contributed by atoms with van der Waals surface area (Å²) in [6, 6.07) is 2.04. The topological polar surface area (TPSA) is 32.3 Å². The zero-order valence-electron chi connectivity index (χ0n) is 9.76. The van der Waals surface area contributed by atoms with E-state index in [-0.39, 0.29) is 0 Å². The average Bonchev–Trinajstić information content (AvgIpc) is 3.14. The van der Waals surface area contributed by atoms with Crippen molar-refractivity contribution in [1.29, 1.82) is 0 Å². The zero-order chi connectivity index (χ0) is 11.0. The van der Waals surface area contributed by atoms with Crippen molar-refractivity contribution in [2.24, 2.45) is 0 Å². The van der Waals surface area contributed by atoms with Crippen LogP contribution in [-0.4, -0.2) is 48.1 Å². The average molecular weight is 218 g/mol. The minimum Gasteiger partial charge on any atom is -0.354 e. The molecule has 0 bridgehead atoms. The van der Waals surface area contributed by atoms with Crippen LogP contribution in [0.15, 0.2) is 12.3 Å². The smallest absolute Gasteiger partial charge is 0.133 e. The number of likely N-dealkylation sites (N-methyl/N-ethyl adjacent to an activating group) is 1. The molecule has 0 unspecified atom stereocenters. The molecule has 4 heteroatoms. The Morgan fingerprint density at radius 2 is 1.94 bits per heavy atom. The molecule has 1 aliphatic heterocycles. The third kappa shape index (κ3) is 2.02. The van der Waals surface area contributed by atoms with Gasteiger partial charge in [0.25, 0.3) is 0 Å². The molecule has 1 aromatic rings. The number of aromatic nitrogens is 2. The molecule has 1 aliphatic carbocycles. The first-order valence-electron chi connectivity index (χ1n) is 6.09. The van der Waals surface area contributed by atoms with Crippen LogP contribution in [0.5, 0.6) is 0 Å². The third-order valence-electron chi connectivity index (χ3n) is 3.43. The zero-order valence-corrected chi connectivity index (χ0v) is 9.76. The van der Waals surface area contributed by atoms with Gasteiger partial charge in [-0.15, -0.1) is 0 Å². The lowest BCUT2D eigenvalue weighted by Crippen LogP contribution is -2.44. The van der Waals surface area contributed by atoms with Crippen molar-refractivity contribution in [2.75, 3.05) is 38.1 Å². The predicted molar refractivity (Wildman–Crippen MR) is 63.7 cm³/mol. The highest BCUT2D eigenvalue weighted by Gasteiger charge is 2.27. The summed E-state index contributed by atoms with van der Waals surface area (Å²) in [4.78, 5) is 13.8. The molecule has 86 valence electrons. The summed E-state index contributed by atoms with van der Waals surface area (Å²) in [7, 11) is 2.17. The van der Waals surface area contributed by atoms with Crippen molar-refractivity contribution in [3.05, 3.63) is 18.1 Å². The second-order valence-corrected chi connectivity index (χ2v) is 4.84. The van der Waals surface area contributed by atoms with Crippen LogP contribution in [0.25, 0.3) is 0 Å². The van der Waals surface area contributed by atoms with E-state index in [2.05, 4.69) is 26.8 Å². The largest absolute Gasteiger partial charge is 0.354 e. The van der Waals surface area contributed by atoms with Gasteiger partial charge >= 0.3 is 0 Å². The highest BCUT2D eigenvalue weighted by atomic mass is 15.3. The van der Waals surface area contributed by atoms with Crippen LogP contribution in [0.2, 0.25) is 0 Å². The number of piperazine rings is 1. The molecular weight excluding hydrogens is 200 g/mol. The Morgan fingerprint density at radius 3 is 2.62 bits per heavy atom. The molecular formula is C12H18N4. The van der Waals surface area contributed by atoms with Crippen LogP contribution in [0, 0.1) is 0 Å². The van der Waals surface area contributed by atoms with Crippen LogP contribution in [-0.2, 0) is 0 Å². The summed E-state index contributed by atoms with van der Waals surface area (Å²) in [6.07, 6.45) is 4.45. The summed E-state index contributed by atoms with van der Waals surface area (Å²) >= 11 is 0. The maximum Gasteiger partial charge on any atom is 0.133 e. The fourth-order valence-corrected chi connectivity index (χ4v) is 2.11. The van der Waals surface area contributed by atoms with Gasteiger partial charge in [0.15, 0.2) is 0 Å². The van der Waals surface area contributed by atoms with E-state index in [9.17, 15) is 0 Å². The van der Waals surface area contributed by atoms with E-state index < -0.39 is 0 Å². The van der Waals surface area contributed by atoms with Crippen LogP contribution in [0.1, 0.15) is 24.6 Å². The van der Waals surface area contributed by atoms with E-state index in [0.29, 0.717) is 5.92 Å². The first kappa shape index (κ1) is 10.0. The van der Waals surface area contributed by atoms with E-state index in [1.165, 1.54) is 12.8 Å². The van der Waals surface area contributed by atoms with Crippen LogP contribution >= 0.6 is 0 Å². The molecule has 0 aromatic carbocycles. The third-order valence-corrected chi connectivity index (χ3v) is 3.43. The van der Waals surface area contributed by atoms with E-state index in [1.54, 1.807) is 0 Å². The monoisotopic (exact) mass is 218 g/mol. The Morgan fingerprint density at radius 1 is 1.19 bits per heavy atom. The molecule has 1 aromatic heterocycles. The lowest BCUT2D eigenvalue weighted by Gasteiger charge is -2.33. The van der Waals surface area contributed by atoms with Crippen molar-refractivity contribution < 1.29 is 0 Å². The summed E-state index contributed by atoms with van der Waals surface area (Å²) in [6.45, 7) is 4.42. The number of rotatable bonds is 2. The molecule has 0 amide bonds. The molecule has 2 heterocycles. The lowest BCUT2D eigenvalue weighted by molar-refractivity contribution is 0.312. The molecule has 2 aliphatic rings. The molecule has 1 saturated carbocycles. The quantitative estimate of drug-likeness (QED) is 0.744. The number of nitrogens with zero attached hydrogens (tertiary/aromatic N) is 4. The van der Waals surface area contributed by atoms with E-state index in [4.69, 9.17) is 0 Å². The fourth-order valence-electron chi connectivity index (χ4n) is 2.11. The van der Waals surface area contributed by atoms with Gasteiger partial charge in [0.05, 0.1) is 0 Å². The SMILES string of the molecule is CN1CCN(c2ccnc(C3CC3)n2)CC1. The van der Waals surface area contributed by atoms with Gasteiger partial charge in [-0.25, -0.2) is 9.97 Å². The molecule has 0 radical (unpaired) electrons. The van der Waals surface area contributed by atoms with Gasteiger partial charge < -0.3 is 9.80 Å². The normalized spacial score (nSPS) is 22.4. The van der Waals surface area contributed by atoms with Crippen molar-refractivity contribution in [1.82, 2.24) is 14.9 Å². The fraction of sp³-hybridized carbons (Fsp3) is 0.667. The molecule has 2 fully saturated rings. The van der Waals surface area contributed by atoms with Gasteiger partial charge in [-0.1, -0.05) is 0 Å². The summed E-state index contributed by atoms with van der Waals surface area (Å²) in [5.41, 5.74) is 0. The van der Waals surface area contributed by atoms with Gasteiger partial charge in [-0.05, 0) is 26.0 Å². The second-order valence-electron chi connectivity index (χ2n) is 4.84. The molecule has 4 nitrogen and oxygen atoms in total. The second kappa shape index (κ2) is 4.01. The standard InChI is InChI=1S/C12H18N4/c1-15-6-8-16(9-7-15)11-4-5-13-12(14-11)10-2-3-10/h4-5,10H,2-3,6-9H2,1H3. The number of hydrogen-bond donors (Lipinski definition) is 0. The molecule has 1 saturated heterocycles. The Labute approximate surface area is 96.3 Å². The first-order chi connectivity index (χ1) is 7.83. The molecule has 0 atom stereocenters. The lowest BCUT2D eigenvalue weighted by atomic mass is 10.3. The molecule has 0 spiro atoms. The molecule has 0 N–H and O–H groups in total. The summed E-state index contributed by atoms with van der Waals surface area (Å²) < 4.78 is 0. The van der Waals surface area contributed by atoms with E-state index in [0.717, 1.165) is 37.8 Å². The number of anilines is 1. The highest BCUT2D eigenvalue weighted by molar-refractivity contribution is 5.38. The van der Waals surface area contributed by atoms with Crippen LogP contribution in [0.3, 0.4) is 0 Å². The Kier molecular flexibility index (Phi) is 2.52. The van der Waals surface area contributed by atoms with Crippen molar-refractivity contribution in [3.63, 3.8) is 0 Å². The van der Waals surface area contributed by atoms with Crippen molar-refractivity contribution in [3.8, 4) is 0 Å². The minimum absolute atomic E-state index is 0.646.